The van der Waals surface area contributed by atoms with E-state index in [1.54, 1.807) is 12.5 Å². The van der Waals surface area contributed by atoms with E-state index < -0.39 is 6.04 Å². The normalized spacial score (nSPS) is 12.9. The van der Waals surface area contributed by atoms with Gasteiger partial charge < -0.3 is 9.40 Å². The first-order chi connectivity index (χ1) is 17.9. The maximum absolute atomic E-state index is 13.7. The predicted molar refractivity (Wildman–Crippen MR) is 141 cm³/mol. The Hall–Kier alpha value is -4.11. The van der Waals surface area contributed by atoms with Crippen molar-refractivity contribution in [1.29, 1.82) is 0 Å². The Morgan fingerprint density at radius 3 is 2.73 bits per heavy atom. The number of aryl methyl sites for hydroxylation is 1. The molecule has 190 valence electrons. The average Bonchev–Trinajstić information content (AvgIpc) is 3.58. The zero-order valence-electron chi connectivity index (χ0n) is 21.5. The van der Waals surface area contributed by atoms with Gasteiger partial charge in [-0.15, -0.1) is 5.10 Å². The third-order valence-corrected chi connectivity index (χ3v) is 6.91. The number of hydrogen-bond donors (Lipinski definition) is 1. The molecule has 0 bridgehead atoms. The van der Waals surface area contributed by atoms with Crippen LogP contribution in [0.4, 0.5) is 0 Å². The Morgan fingerprint density at radius 2 is 2.00 bits per heavy atom. The van der Waals surface area contributed by atoms with Gasteiger partial charge in [0.05, 0.1) is 18.3 Å². The lowest BCUT2D eigenvalue weighted by Crippen LogP contribution is -2.38. The Bertz CT molecular complexity index is 1540. The highest BCUT2D eigenvalue weighted by Gasteiger charge is 2.35. The summed E-state index contributed by atoms with van der Waals surface area (Å²) < 4.78 is 7.58. The number of benzene rings is 1. The Balaban J connectivity index is 1.73. The van der Waals surface area contributed by atoms with Gasteiger partial charge in [-0.1, -0.05) is 25.1 Å². The fourth-order valence-corrected chi connectivity index (χ4v) is 4.55. The van der Waals surface area contributed by atoms with Crippen LogP contribution < -0.4 is 5.56 Å². The summed E-state index contributed by atoms with van der Waals surface area (Å²) in [5, 5.41) is 13.9. The molecule has 0 saturated heterocycles. The number of tetrazole rings is 1. The van der Waals surface area contributed by atoms with Crippen LogP contribution in [0.2, 0.25) is 0 Å². The SMILES string of the molecule is CCC(C)(C)n1nnnc1[C@H](c1cc2ccc(C)cc2[nH]c1=O)N(Cc1cccnc1)Cc1ccco1. The minimum Gasteiger partial charge on any atom is -0.468 e. The summed E-state index contributed by atoms with van der Waals surface area (Å²) in [6, 6.07) is 15.2. The molecule has 0 spiro atoms. The van der Waals surface area contributed by atoms with Gasteiger partial charge in [0.1, 0.15) is 11.8 Å². The monoisotopic (exact) mass is 497 g/mol. The molecule has 0 aliphatic rings. The van der Waals surface area contributed by atoms with Crippen molar-refractivity contribution >= 4 is 10.9 Å². The predicted octanol–water partition coefficient (Wildman–Crippen LogP) is 4.75. The van der Waals surface area contributed by atoms with Gasteiger partial charge in [0.25, 0.3) is 5.56 Å². The molecule has 0 fully saturated rings. The maximum atomic E-state index is 13.7. The molecular weight excluding hydrogens is 466 g/mol. The van der Waals surface area contributed by atoms with Gasteiger partial charge in [-0.05, 0) is 84.5 Å². The second kappa shape index (κ2) is 10.1. The van der Waals surface area contributed by atoms with Crippen molar-refractivity contribution < 1.29 is 4.42 Å². The molecule has 37 heavy (non-hydrogen) atoms. The van der Waals surface area contributed by atoms with Crippen LogP contribution in [-0.2, 0) is 18.6 Å². The summed E-state index contributed by atoms with van der Waals surface area (Å²) in [6.07, 6.45) is 6.05. The van der Waals surface area contributed by atoms with Gasteiger partial charge in [0, 0.05) is 30.0 Å². The second-order valence-electron chi connectivity index (χ2n) is 10.0. The number of nitrogens with zero attached hydrogens (tertiary/aromatic N) is 6. The molecule has 5 aromatic rings. The van der Waals surface area contributed by atoms with E-state index in [2.05, 4.69) is 51.2 Å². The largest absolute Gasteiger partial charge is 0.468 e. The molecule has 1 atom stereocenters. The Kier molecular flexibility index (Phi) is 6.71. The molecule has 0 unspecified atom stereocenters. The van der Waals surface area contributed by atoms with Crippen LogP contribution >= 0.6 is 0 Å². The molecule has 0 aliphatic heterocycles. The molecule has 1 aromatic carbocycles. The number of aromatic amines is 1. The van der Waals surface area contributed by atoms with Crippen LogP contribution in [0.15, 0.2) is 76.4 Å². The molecular formula is C28H31N7O2. The molecule has 1 N–H and O–H groups in total. The summed E-state index contributed by atoms with van der Waals surface area (Å²) in [5.74, 6) is 1.37. The Labute approximate surface area is 215 Å². The molecule has 0 radical (unpaired) electrons. The first-order valence-corrected chi connectivity index (χ1v) is 12.4. The van der Waals surface area contributed by atoms with E-state index in [9.17, 15) is 4.79 Å². The summed E-state index contributed by atoms with van der Waals surface area (Å²) in [5.41, 5.74) is 2.91. The molecule has 4 heterocycles. The highest BCUT2D eigenvalue weighted by Crippen LogP contribution is 2.32. The van der Waals surface area contributed by atoms with Gasteiger partial charge in [0.2, 0.25) is 0 Å². The van der Waals surface area contributed by atoms with Crippen LogP contribution in [-0.4, -0.2) is 35.1 Å². The van der Waals surface area contributed by atoms with Crippen LogP contribution in [0.3, 0.4) is 0 Å². The highest BCUT2D eigenvalue weighted by molar-refractivity contribution is 5.79. The van der Waals surface area contributed by atoms with E-state index in [0.29, 0.717) is 24.5 Å². The van der Waals surface area contributed by atoms with Crippen molar-refractivity contribution in [1.82, 2.24) is 35.1 Å². The smallest absolute Gasteiger partial charge is 0.253 e. The first kappa shape index (κ1) is 24.6. The van der Waals surface area contributed by atoms with Gasteiger partial charge in [-0.2, -0.15) is 0 Å². The van der Waals surface area contributed by atoms with Crippen molar-refractivity contribution in [2.75, 3.05) is 0 Å². The van der Waals surface area contributed by atoms with Crippen molar-refractivity contribution in [3.8, 4) is 0 Å². The van der Waals surface area contributed by atoms with Crippen LogP contribution in [0.1, 0.15) is 61.5 Å². The number of furan rings is 1. The van der Waals surface area contributed by atoms with Gasteiger partial charge >= 0.3 is 0 Å². The number of pyridine rings is 2. The Morgan fingerprint density at radius 1 is 1.14 bits per heavy atom. The van der Waals surface area contributed by atoms with E-state index in [0.717, 1.165) is 34.2 Å². The van der Waals surface area contributed by atoms with E-state index >= 15 is 0 Å². The number of H-pyrrole nitrogens is 1. The molecule has 4 aromatic heterocycles. The molecule has 0 saturated carbocycles. The fourth-order valence-electron chi connectivity index (χ4n) is 4.55. The van der Waals surface area contributed by atoms with E-state index in [1.165, 1.54) is 0 Å². The van der Waals surface area contributed by atoms with Gasteiger partial charge in [-0.3, -0.25) is 14.7 Å². The van der Waals surface area contributed by atoms with Gasteiger partial charge in [0.15, 0.2) is 5.82 Å². The van der Waals surface area contributed by atoms with E-state index in [4.69, 9.17) is 4.42 Å². The summed E-state index contributed by atoms with van der Waals surface area (Å²) in [7, 11) is 0. The van der Waals surface area contributed by atoms with E-state index in [-0.39, 0.29) is 11.1 Å². The van der Waals surface area contributed by atoms with Gasteiger partial charge in [-0.25, -0.2) is 4.68 Å². The van der Waals surface area contributed by atoms with E-state index in [1.807, 2.05) is 66.3 Å². The zero-order valence-corrected chi connectivity index (χ0v) is 21.5. The third-order valence-electron chi connectivity index (χ3n) is 6.91. The molecule has 5 rings (SSSR count). The standard InChI is InChI=1S/C28H31N7O2/c1-5-28(3,4)35-26(31-32-33-35)25(23-15-21-11-10-19(2)14-24(21)30-27(23)36)34(18-22-9-7-13-37-22)17-20-8-6-12-29-16-20/h6-16,25H,5,17-18H2,1-4H3,(H,30,36)/t25-/m0/s1. The average molecular weight is 498 g/mol. The lowest BCUT2D eigenvalue weighted by molar-refractivity contribution is 0.168. The number of hydrogen-bond acceptors (Lipinski definition) is 7. The number of rotatable bonds is 9. The summed E-state index contributed by atoms with van der Waals surface area (Å²) in [6.45, 7) is 9.24. The zero-order chi connectivity index (χ0) is 26.0. The minimum absolute atomic E-state index is 0.178. The topological polar surface area (TPSA) is 106 Å². The third kappa shape index (κ3) is 5.08. The quantitative estimate of drug-likeness (QED) is 0.313. The van der Waals surface area contributed by atoms with Crippen molar-refractivity contribution in [2.24, 2.45) is 0 Å². The first-order valence-electron chi connectivity index (χ1n) is 12.4. The lowest BCUT2D eigenvalue weighted by Gasteiger charge is -2.33. The maximum Gasteiger partial charge on any atom is 0.253 e. The number of fused-ring (bicyclic) bond motifs is 1. The van der Waals surface area contributed by atoms with Crippen LogP contribution in [0.25, 0.3) is 10.9 Å². The fraction of sp³-hybridized carbons (Fsp3) is 0.321. The van der Waals surface area contributed by atoms with Crippen molar-refractivity contribution in [3.63, 3.8) is 0 Å². The minimum atomic E-state index is -0.555. The van der Waals surface area contributed by atoms with Crippen molar-refractivity contribution in [2.45, 2.75) is 58.8 Å². The summed E-state index contributed by atoms with van der Waals surface area (Å²) >= 11 is 0. The number of aromatic nitrogens is 6. The lowest BCUT2D eigenvalue weighted by atomic mass is 9.98. The van der Waals surface area contributed by atoms with Crippen LogP contribution in [0, 0.1) is 6.92 Å². The second-order valence-corrected chi connectivity index (χ2v) is 10.0. The summed E-state index contributed by atoms with van der Waals surface area (Å²) in [4.78, 5) is 23.2. The van der Waals surface area contributed by atoms with Crippen molar-refractivity contribution in [3.05, 3.63) is 106 Å². The highest BCUT2D eigenvalue weighted by atomic mass is 16.3. The molecule has 9 heteroatoms. The van der Waals surface area contributed by atoms with Crippen LogP contribution in [0.5, 0.6) is 0 Å². The molecule has 0 amide bonds. The molecule has 9 nitrogen and oxygen atoms in total. The number of nitrogens with one attached hydrogen (secondary N) is 1. The molecule has 0 aliphatic carbocycles.